The van der Waals surface area contributed by atoms with Crippen molar-refractivity contribution in [2.24, 2.45) is 5.92 Å². The van der Waals surface area contributed by atoms with Gasteiger partial charge in [-0.25, -0.2) is 4.98 Å². The first-order valence-corrected chi connectivity index (χ1v) is 9.91. The molecule has 0 radical (unpaired) electrons. The molecule has 2 heterocycles. The van der Waals surface area contributed by atoms with Crippen LogP contribution in [0.5, 0.6) is 0 Å². The molecule has 0 bridgehead atoms. The highest BCUT2D eigenvalue weighted by atomic mass is 32.1. The van der Waals surface area contributed by atoms with Gasteiger partial charge in [0.1, 0.15) is 10.7 Å². The lowest BCUT2D eigenvalue weighted by atomic mass is 9.90. The summed E-state index contributed by atoms with van der Waals surface area (Å²) in [7, 11) is 1.80. The lowest BCUT2D eigenvalue weighted by Gasteiger charge is -2.32. The second-order valence-electron chi connectivity index (χ2n) is 6.73. The molecule has 1 aromatic heterocycles. The van der Waals surface area contributed by atoms with Crippen LogP contribution in [0.25, 0.3) is 0 Å². The van der Waals surface area contributed by atoms with Crippen molar-refractivity contribution < 1.29 is 9.59 Å². The van der Waals surface area contributed by atoms with Crippen LogP contribution in [0.4, 0.5) is 5.13 Å². The van der Waals surface area contributed by atoms with Gasteiger partial charge in [-0.05, 0) is 31.7 Å². The number of carbonyl (C=O) groups is 2. The number of anilines is 1. The summed E-state index contributed by atoms with van der Waals surface area (Å²) in [5.74, 6) is 0.221. The fourth-order valence-electron chi connectivity index (χ4n) is 3.39. The summed E-state index contributed by atoms with van der Waals surface area (Å²) in [4.78, 5) is 32.3. The number of carbonyl (C=O) groups excluding carboxylic acids is 2. The first-order chi connectivity index (χ1) is 12.6. The molecule has 1 aliphatic heterocycles. The van der Waals surface area contributed by atoms with E-state index in [2.05, 4.69) is 22.4 Å². The maximum Gasteiger partial charge on any atom is 0.265 e. The van der Waals surface area contributed by atoms with Crippen LogP contribution in [-0.4, -0.2) is 41.7 Å². The minimum absolute atomic E-state index is 0.00191. The molecule has 26 heavy (non-hydrogen) atoms. The lowest BCUT2D eigenvalue weighted by Crippen LogP contribution is -2.42. The molecule has 0 aliphatic carbocycles. The number of nitrogens with zero attached hydrogens (tertiary/aromatic N) is 2. The van der Waals surface area contributed by atoms with Gasteiger partial charge in [0, 0.05) is 32.5 Å². The van der Waals surface area contributed by atoms with E-state index in [-0.39, 0.29) is 17.6 Å². The van der Waals surface area contributed by atoms with Gasteiger partial charge >= 0.3 is 0 Å². The molecular weight excluding hydrogens is 346 g/mol. The van der Waals surface area contributed by atoms with Crippen LogP contribution in [-0.2, 0) is 11.2 Å². The van der Waals surface area contributed by atoms with Crippen LogP contribution in [0.15, 0.2) is 30.3 Å². The Bertz CT molecular complexity index is 773. The van der Waals surface area contributed by atoms with E-state index in [1.165, 1.54) is 16.9 Å². The average Bonchev–Trinajstić information content (AvgIpc) is 3.07. The Hall–Kier alpha value is -2.21. The molecule has 1 fully saturated rings. The number of aromatic nitrogens is 1. The molecule has 1 aromatic carbocycles. The number of hydrogen-bond acceptors (Lipinski definition) is 5. The molecule has 6 heteroatoms. The summed E-state index contributed by atoms with van der Waals surface area (Å²) in [5, 5.41) is 3.74. The van der Waals surface area contributed by atoms with Gasteiger partial charge in [-0.2, -0.15) is 0 Å². The van der Waals surface area contributed by atoms with Gasteiger partial charge < -0.3 is 10.2 Å². The first kappa shape index (κ1) is 18.6. The zero-order valence-electron chi connectivity index (χ0n) is 15.3. The third kappa shape index (κ3) is 4.30. The normalized spacial score (nSPS) is 17.2. The monoisotopic (exact) mass is 371 g/mol. The summed E-state index contributed by atoms with van der Waals surface area (Å²) in [6, 6.07) is 10.1. The fourth-order valence-corrected chi connectivity index (χ4v) is 4.27. The van der Waals surface area contributed by atoms with Crippen molar-refractivity contribution in [3.05, 3.63) is 46.5 Å². The van der Waals surface area contributed by atoms with Crippen LogP contribution in [0, 0.1) is 12.8 Å². The van der Waals surface area contributed by atoms with Gasteiger partial charge in [-0.3, -0.25) is 9.59 Å². The molecule has 0 unspecified atom stereocenters. The van der Waals surface area contributed by atoms with Crippen LogP contribution in [0.1, 0.15) is 40.2 Å². The largest absolute Gasteiger partial charge is 0.365 e. The Morgan fingerprint density at radius 3 is 2.77 bits per heavy atom. The molecule has 1 N–H and O–H groups in total. The Kier molecular flexibility index (Phi) is 6.04. The maximum atomic E-state index is 12.9. The van der Waals surface area contributed by atoms with Crippen LogP contribution >= 0.6 is 11.3 Å². The van der Waals surface area contributed by atoms with E-state index in [0.717, 1.165) is 30.1 Å². The molecule has 1 saturated heterocycles. The third-order valence-corrected chi connectivity index (χ3v) is 6.03. The predicted molar refractivity (Wildman–Crippen MR) is 105 cm³/mol. The van der Waals surface area contributed by atoms with Crippen molar-refractivity contribution in [1.29, 1.82) is 0 Å². The number of likely N-dealkylation sites (tertiary alicyclic amines) is 1. The van der Waals surface area contributed by atoms with E-state index >= 15 is 0 Å². The summed E-state index contributed by atoms with van der Waals surface area (Å²) >= 11 is 1.38. The maximum absolute atomic E-state index is 12.9. The summed E-state index contributed by atoms with van der Waals surface area (Å²) in [5.41, 5.74) is 1.94. The second kappa shape index (κ2) is 8.45. The molecule has 138 valence electrons. The highest BCUT2D eigenvalue weighted by Gasteiger charge is 2.30. The standard InChI is InChI=1S/C20H25N3O2S/c1-14-18(26-20(21-2)22-14)19(25)23-12-6-9-16(13-23)17(24)11-10-15-7-4-3-5-8-15/h3-5,7-8,16H,6,9-13H2,1-2H3,(H,21,22)/t16-/m0/s1. The number of thiazole rings is 1. The summed E-state index contributed by atoms with van der Waals surface area (Å²) in [6.07, 6.45) is 3.06. The summed E-state index contributed by atoms with van der Waals surface area (Å²) < 4.78 is 0. The number of aryl methyl sites for hydroxylation is 2. The van der Waals surface area contributed by atoms with Gasteiger partial charge in [-0.15, -0.1) is 0 Å². The highest BCUT2D eigenvalue weighted by Crippen LogP contribution is 2.27. The molecule has 1 amide bonds. The van der Waals surface area contributed by atoms with E-state index in [4.69, 9.17) is 0 Å². The number of nitrogens with one attached hydrogen (secondary N) is 1. The lowest BCUT2D eigenvalue weighted by molar-refractivity contribution is -0.124. The number of amides is 1. The topological polar surface area (TPSA) is 62.3 Å². The molecule has 1 aliphatic rings. The van der Waals surface area contributed by atoms with Gasteiger partial charge in [-0.1, -0.05) is 41.7 Å². The van der Waals surface area contributed by atoms with Gasteiger partial charge in [0.25, 0.3) is 5.91 Å². The number of piperidine rings is 1. The molecule has 2 aromatic rings. The summed E-state index contributed by atoms with van der Waals surface area (Å²) in [6.45, 7) is 3.10. The van der Waals surface area contributed by atoms with E-state index in [1.807, 2.05) is 30.0 Å². The number of ketones is 1. The van der Waals surface area contributed by atoms with E-state index in [0.29, 0.717) is 24.4 Å². The SMILES string of the molecule is CNc1nc(C)c(C(=O)N2CCC[C@H](C(=O)CCc3ccccc3)C2)s1. The van der Waals surface area contributed by atoms with Crippen molar-refractivity contribution in [2.75, 3.05) is 25.5 Å². The molecule has 1 atom stereocenters. The number of Topliss-reactive ketones (excluding diaryl/α,β-unsaturated/α-hetero) is 1. The Labute approximate surface area is 158 Å². The zero-order valence-corrected chi connectivity index (χ0v) is 16.1. The Morgan fingerprint density at radius 2 is 2.08 bits per heavy atom. The third-order valence-electron chi connectivity index (χ3n) is 4.87. The number of rotatable bonds is 6. The minimum Gasteiger partial charge on any atom is -0.365 e. The smallest absolute Gasteiger partial charge is 0.265 e. The Balaban J connectivity index is 1.60. The van der Waals surface area contributed by atoms with Gasteiger partial charge in [0.2, 0.25) is 0 Å². The average molecular weight is 372 g/mol. The fraction of sp³-hybridized carbons (Fsp3) is 0.450. The van der Waals surface area contributed by atoms with Gasteiger partial charge in [0.15, 0.2) is 5.13 Å². The quantitative estimate of drug-likeness (QED) is 0.843. The molecule has 0 spiro atoms. The number of benzene rings is 1. The van der Waals surface area contributed by atoms with Crippen molar-refractivity contribution in [2.45, 2.75) is 32.6 Å². The van der Waals surface area contributed by atoms with E-state index in [1.54, 1.807) is 7.05 Å². The minimum atomic E-state index is -0.0478. The van der Waals surface area contributed by atoms with Crippen molar-refractivity contribution >= 4 is 28.2 Å². The Morgan fingerprint density at radius 1 is 1.31 bits per heavy atom. The first-order valence-electron chi connectivity index (χ1n) is 9.09. The zero-order chi connectivity index (χ0) is 18.5. The predicted octanol–water partition coefficient (Wildman–Crippen LogP) is 3.55. The van der Waals surface area contributed by atoms with Crippen molar-refractivity contribution in [3.8, 4) is 0 Å². The molecule has 0 saturated carbocycles. The van der Waals surface area contributed by atoms with Crippen LogP contribution < -0.4 is 5.32 Å². The second-order valence-corrected chi connectivity index (χ2v) is 7.72. The molecular formula is C20H25N3O2S. The molecule has 5 nitrogen and oxygen atoms in total. The highest BCUT2D eigenvalue weighted by molar-refractivity contribution is 7.17. The van der Waals surface area contributed by atoms with E-state index in [9.17, 15) is 9.59 Å². The van der Waals surface area contributed by atoms with Crippen molar-refractivity contribution in [1.82, 2.24) is 9.88 Å². The van der Waals surface area contributed by atoms with Crippen molar-refractivity contribution in [3.63, 3.8) is 0 Å². The van der Waals surface area contributed by atoms with Crippen LogP contribution in [0.3, 0.4) is 0 Å². The molecule has 3 rings (SSSR count). The van der Waals surface area contributed by atoms with Gasteiger partial charge in [0.05, 0.1) is 5.69 Å². The van der Waals surface area contributed by atoms with E-state index < -0.39 is 0 Å². The number of hydrogen-bond donors (Lipinski definition) is 1. The van der Waals surface area contributed by atoms with Crippen LogP contribution in [0.2, 0.25) is 0 Å².